The molecule has 65 heavy (non-hydrogen) atoms. The average molecular weight is 829 g/mol. The molecule has 0 atom stereocenters. The van der Waals surface area contributed by atoms with Gasteiger partial charge in [0.05, 0.1) is 55.5 Å². The molecule has 15 rings (SSSR count). The van der Waals surface area contributed by atoms with E-state index in [1.165, 1.54) is 43.1 Å². The van der Waals surface area contributed by atoms with E-state index in [1.54, 1.807) is 0 Å². The summed E-state index contributed by atoms with van der Waals surface area (Å²) in [5, 5.41) is 11.8. The Morgan fingerprint density at radius 3 is 0.677 bits per heavy atom. The number of rotatable bonds is 4. The van der Waals surface area contributed by atoms with Gasteiger partial charge in [0.2, 0.25) is 0 Å². The lowest BCUT2D eigenvalue weighted by atomic mass is 10.1. The summed E-state index contributed by atoms with van der Waals surface area (Å²) in [5.74, 6) is 0. The second-order valence-electron chi connectivity index (χ2n) is 17.3. The third kappa shape index (κ3) is 4.65. The third-order valence-electron chi connectivity index (χ3n) is 13.9. The van der Waals surface area contributed by atoms with Crippen LogP contribution >= 0.6 is 0 Å². The molecule has 0 aliphatic heterocycles. The monoisotopic (exact) mass is 828 g/mol. The molecule has 0 fully saturated rings. The summed E-state index contributed by atoms with van der Waals surface area (Å²) in [4.78, 5) is 0. The van der Waals surface area contributed by atoms with Crippen molar-refractivity contribution in [1.29, 1.82) is 0 Å². The van der Waals surface area contributed by atoms with E-state index < -0.39 is 0 Å². The molecule has 0 aliphatic rings. The van der Waals surface area contributed by atoms with Crippen LogP contribution in [0.1, 0.15) is 0 Å². The van der Waals surface area contributed by atoms with E-state index in [4.69, 9.17) is 4.42 Å². The molecule has 5 heteroatoms. The molecule has 0 radical (unpaired) electrons. The van der Waals surface area contributed by atoms with Gasteiger partial charge in [-0.3, -0.25) is 0 Å². The first-order valence-electron chi connectivity index (χ1n) is 22.3. The van der Waals surface area contributed by atoms with Gasteiger partial charge >= 0.3 is 0 Å². The van der Waals surface area contributed by atoms with Crippen LogP contribution in [0.2, 0.25) is 0 Å². The first kappa shape index (κ1) is 34.7. The van der Waals surface area contributed by atoms with Crippen LogP contribution < -0.4 is 0 Å². The van der Waals surface area contributed by atoms with Gasteiger partial charge < -0.3 is 22.7 Å². The molecular formula is C60H36N4O. The van der Waals surface area contributed by atoms with Gasteiger partial charge in [0.25, 0.3) is 0 Å². The fourth-order valence-corrected chi connectivity index (χ4v) is 11.3. The van der Waals surface area contributed by atoms with Crippen LogP contribution in [-0.2, 0) is 0 Å². The molecule has 10 aromatic carbocycles. The highest BCUT2D eigenvalue weighted by molar-refractivity contribution is 6.18. The number of hydrogen-bond acceptors (Lipinski definition) is 1. The molecule has 302 valence electrons. The lowest BCUT2D eigenvalue weighted by Crippen LogP contribution is -2.00. The number of furan rings is 1. The summed E-state index contributed by atoms with van der Waals surface area (Å²) in [5.41, 5.74) is 14.9. The number of aromatic nitrogens is 4. The maximum Gasteiger partial charge on any atom is 0.159 e. The molecule has 0 unspecified atom stereocenters. The van der Waals surface area contributed by atoms with E-state index in [-0.39, 0.29) is 0 Å². The summed E-state index contributed by atoms with van der Waals surface area (Å²) >= 11 is 0. The van der Waals surface area contributed by atoms with Crippen molar-refractivity contribution < 1.29 is 4.42 Å². The summed E-state index contributed by atoms with van der Waals surface area (Å²) in [7, 11) is 0. The Bertz CT molecular complexity index is 3990. The van der Waals surface area contributed by atoms with E-state index in [0.29, 0.717) is 0 Å². The van der Waals surface area contributed by atoms with E-state index >= 15 is 0 Å². The number of nitrogens with zero attached hydrogens (tertiary/aromatic N) is 4. The minimum absolute atomic E-state index is 0.831. The lowest BCUT2D eigenvalue weighted by Gasteiger charge is -2.14. The summed E-state index contributed by atoms with van der Waals surface area (Å²) in [6.07, 6.45) is 0. The molecular weight excluding hydrogens is 793 g/mol. The maximum absolute atomic E-state index is 7.59. The topological polar surface area (TPSA) is 32.9 Å². The normalized spacial score (nSPS) is 12.3. The molecule has 15 aromatic rings. The van der Waals surface area contributed by atoms with E-state index in [9.17, 15) is 0 Å². The number of fused-ring (bicyclic) bond motifs is 15. The van der Waals surface area contributed by atoms with Crippen molar-refractivity contribution in [3.05, 3.63) is 218 Å². The van der Waals surface area contributed by atoms with Gasteiger partial charge in [0.15, 0.2) is 11.2 Å². The minimum atomic E-state index is 0.831. The Balaban J connectivity index is 1.17. The molecule has 5 heterocycles. The molecule has 5 nitrogen and oxygen atoms in total. The van der Waals surface area contributed by atoms with Crippen LogP contribution in [0.25, 0.3) is 132 Å². The van der Waals surface area contributed by atoms with Gasteiger partial charge in [-0.25, -0.2) is 0 Å². The molecule has 0 saturated heterocycles. The van der Waals surface area contributed by atoms with Crippen LogP contribution in [-0.4, -0.2) is 18.3 Å². The van der Waals surface area contributed by atoms with Crippen molar-refractivity contribution in [3.63, 3.8) is 0 Å². The molecule has 0 saturated carbocycles. The standard InChI is InChI=1S/C60H36N4O/c1-9-25-49-39(17-1)40-18-2-10-26-50(40)61(49)37-33-47-48-34-38(62-51-27-11-3-19-41(51)42-20-4-12-28-52(42)62)36-58(64-55-31-15-7-23-45(55)46-24-8-16-32-56(46)64)60(48)65-59(47)57(35-37)63-53-29-13-5-21-43(53)44-22-6-14-30-54(44)63/h1-36H. The Hall–Kier alpha value is -8.80. The number of benzene rings is 10. The van der Waals surface area contributed by atoms with Crippen LogP contribution in [0.3, 0.4) is 0 Å². The van der Waals surface area contributed by atoms with Gasteiger partial charge in [-0.2, -0.15) is 0 Å². The second-order valence-corrected chi connectivity index (χ2v) is 17.3. The highest BCUT2D eigenvalue weighted by Crippen LogP contribution is 2.45. The summed E-state index contributed by atoms with van der Waals surface area (Å²) in [6.45, 7) is 0. The third-order valence-corrected chi connectivity index (χ3v) is 13.9. The fraction of sp³-hybridized carbons (Fsp3) is 0. The van der Waals surface area contributed by atoms with Gasteiger partial charge in [-0.1, -0.05) is 146 Å². The zero-order valence-corrected chi connectivity index (χ0v) is 35.0. The number of para-hydroxylation sites is 8. The van der Waals surface area contributed by atoms with Crippen LogP contribution in [0, 0.1) is 0 Å². The quantitative estimate of drug-likeness (QED) is 0.174. The second kappa shape index (κ2) is 12.9. The molecule has 0 N–H and O–H groups in total. The predicted molar refractivity (Wildman–Crippen MR) is 271 cm³/mol. The summed E-state index contributed by atoms with van der Waals surface area (Å²) in [6, 6.07) is 79.5. The fourth-order valence-electron chi connectivity index (χ4n) is 11.3. The van der Waals surface area contributed by atoms with E-state index in [0.717, 1.165) is 88.8 Å². The predicted octanol–water partition coefficient (Wildman–Crippen LogP) is 16.0. The maximum atomic E-state index is 7.59. The van der Waals surface area contributed by atoms with E-state index in [2.05, 4.69) is 237 Å². The van der Waals surface area contributed by atoms with Crippen LogP contribution in [0.4, 0.5) is 0 Å². The van der Waals surface area contributed by atoms with Crippen molar-refractivity contribution in [1.82, 2.24) is 18.3 Å². The smallest absolute Gasteiger partial charge is 0.159 e. The summed E-state index contributed by atoms with van der Waals surface area (Å²) < 4.78 is 17.3. The van der Waals surface area contributed by atoms with Gasteiger partial charge in [0.1, 0.15) is 0 Å². The van der Waals surface area contributed by atoms with Crippen molar-refractivity contribution in [2.45, 2.75) is 0 Å². The van der Waals surface area contributed by atoms with Crippen molar-refractivity contribution in [3.8, 4) is 22.7 Å². The first-order chi connectivity index (χ1) is 32.3. The SMILES string of the molecule is c1ccc2c(c1)c1ccccc1n2-c1cc(-n2c3ccccc3c3ccccc32)c2oc3c(-n4c5ccccc5c5ccccc54)cc(-n4c5ccccc5c5ccccc54)cc3c2c1. The van der Waals surface area contributed by atoms with Gasteiger partial charge in [0, 0.05) is 65.2 Å². The average Bonchev–Trinajstić information content (AvgIpc) is 4.17. The Morgan fingerprint density at radius 2 is 0.431 bits per heavy atom. The molecule has 0 bridgehead atoms. The molecule has 0 amide bonds. The van der Waals surface area contributed by atoms with Crippen LogP contribution in [0.15, 0.2) is 223 Å². The van der Waals surface area contributed by atoms with Crippen LogP contribution in [0.5, 0.6) is 0 Å². The van der Waals surface area contributed by atoms with Crippen molar-refractivity contribution in [2.75, 3.05) is 0 Å². The highest BCUT2D eigenvalue weighted by Gasteiger charge is 2.25. The Kier molecular flexibility index (Phi) is 6.89. The zero-order chi connectivity index (χ0) is 42.3. The van der Waals surface area contributed by atoms with Gasteiger partial charge in [-0.15, -0.1) is 0 Å². The largest absolute Gasteiger partial charge is 0.452 e. The number of hydrogen-bond donors (Lipinski definition) is 0. The Labute approximate surface area is 371 Å². The van der Waals surface area contributed by atoms with E-state index in [1.807, 2.05) is 0 Å². The molecule has 0 aliphatic carbocycles. The van der Waals surface area contributed by atoms with Gasteiger partial charge in [-0.05, 0) is 72.8 Å². The highest BCUT2D eigenvalue weighted by atomic mass is 16.3. The van der Waals surface area contributed by atoms with Crippen molar-refractivity contribution >= 4 is 109 Å². The Morgan fingerprint density at radius 1 is 0.215 bits per heavy atom. The minimum Gasteiger partial charge on any atom is -0.452 e. The first-order valence-corrected chi connectivity index (χ1v) is 22.3. The van der Waals surface area contributed by atoms with Crippen molar-refractivity contribution in [2.24, 2.45) is 0 Å². The molecule has 0 spiro atoms. The zero-order valence-electron chi connectivity index (χ0n) is 35.0. The lowest BCUT2D eigenvalue weighted by molar-refractivity contribution is 0.663. The molecule has 5 aromatic heterocycles.